The van der Waals surface area contributed by atoms with E-state index in [1.165, 1.54) is 25.8 Å². The minimum Gasteiger partial charge on any atom is -0.508 e. The van der Waals surface area contributed by atoms with Crippen LogP contribution >= 0.6 is 11.8 Å². The number of hydrogen-bond acceptors (Lipinski definition) is 3. The maximum Gasteiger partial charge on any atom is 0.118 e. The van der Waals surface area contributed by atoms with Crippen LogP contribution in [-0.4, -0.2) is 29.2 Å². The molecule has 2 nitrogen and oxygen atoms in total. The minimum absolute atomic E-state index is 0.440. The van der Waals surface area contributed by atoms with Crippen molar-refractivity contribution in [1.82, 2.24) is 5.32 Å². The fraction of sp³-hybridized carbons (Fsp3) is 0.571. The van der Waals surface area contributed by atoms with Crippen LogP contribution in [-0.2, 0) is 6.42 Å². The lowest BCUT2D eigenvalue weighted by molar-refractivity contribution is 0.469. The van der Waals surface area contributed by atoms with Gasteiger partial charge in [-0.25, -0.2) is 0 Å². The first-order valence-electron chi connectivity index (χ1n) is 6.45. The molecule has 0 amide bonds. The fourth-order valence-electron chi connectivity index (χ4n) is 2.21. The summed E-state index contributed by atoms with van der Waals surface area (Å²) in [4.78, 5) is 0. The molecule has 1 aromatic carbocycles. The van der Waals surface area contributed by atoms with E-state index in [0.717, 1.165) is 29.5 Å². The molecule has 0 radical (unpaired) electrons. The monoisotopic (exact) mass is 251 g/mol. The minimum atomic E-state index is 0.440. The highest BCUT2D eigenvalue weighted by atomic mass is 32.2. The van der Waals surface area contributed by atoms with Gasteiger partial charge in [-0.15, -0.1) is 0 Å². The van der Waals surface area contributed by atoms with E-state index in [4.69, 9.17) is 0 Å². The molecule has 1 aliphatic heterocycles. The maximum atomic E-state index is 9.67. The summed E-state index contributed by atoms with van der Waals surface area (Å²) in [6, 6.07) is 7.67. The van der Waals surface area contributed by atoms with E-state index in [2.05, 4.69) is 17.1 Å². The van der Waals surface area contributed by atoms with Crippen molar-refractivity contribution in [3.63, 3.8) is 0 Å². The van der Waals surface area contributed by atoms with Crippen LogP contribution in [0.15, 0.2) is 24.3 Å². The number of phenols is 1. The SMILES string of the molecule is Oc1ccccc1CCSC1CCCNCC1. The van der Waals surface area contributed by atoms with Crippen molar-refractivity contribution >= 4 is 11.8 Å². The van der Waals surface area contributed by atoms with Gasteiger partial charge in [0.15, 0.2) is 0 Å². The molecule has 1 aliphatic rings. The Hall–Kier alpha value is -0.670. The number of phenolic OH excluding ortho intramolecular Hbond substituents is 1. The average Bonchev–Trinajstić information content (AvgIpc) is 2.60. The number of hydrogen-bond donors (Lipinski definition) is 2. The molecule has 0 aromatic heterocycles. The van der Waals surface area contributed by atoms with Gasteiger partial charge in [0.25, 0.3) is 0 Å². The highest BCUT2D eigenvalue weighted by Gasteiger charge is 2.12. The second-order valence-electron chi connectivity index (χ2n) is 4.55. The second kappa shape index (κ2) is 6.92. The van der Waals surface area contributed by atoms with Gasteiger partial charge < -0.3 is 10.4 Å². The van der Waals surface area contributed by atoms with Crippen LogP contribution in [0.2, 0.25) is 0 Å². The molecule has 0 saturated carbocycles. The van der Waals surface area contributed by atoms with Crippen molar-refractivity contribution in [1.29, 1.82) is 0 Å². The topological polar surface area (TPSA) is 32.3 Å². The highest BCUT2D eigenvalue weighted by Crippen LogP contribution is 2.24. The standard InChI is InChI=1S/C14H21NOS/c16-14-6-2-1-4-12(14)8-11-17-13-5-3-9-15-10-7-13/h1-2,4,6,13,15-16H,3,5,7-11H2. The molecule has 1 atom stereocenters. The van der Waals surface area contributed by atoms with Crippen LogP contribution in [0.3, 0.4) is 0 Å². The van der Waals surface area contributed by atoms with Gasteiger partial charge in [0, 0.05) is 5.25 Å². The Kier molecular flexibility index (Phi) is 5.20. The lowest BCUT2D eigenvalue weighted by Gasteiger charge is -2.13. The molecule has 17 heavy (non-hydrogen) atoms. The Bertz CT molecular complexity index is 335. The first-order valence-corrected chi connectivity index (χ1v) is 7.50. The van der Waals surface area contributed by atoms with Gasteiger partial charge in [-0.05, 0) is 56.2 Å². The highest BCUT2D eigenvalue weighted by molar-refractivity contribution is 7.99. The van der Waals surface area contributed by atoms with E-state index in [-0.39, 0.29) is 0 Å². The Morgan fingerprint density at radius 1 is 1.24 bits per heavy atom. The van der Waals surface area contributed by atoms with Crippen molar-refractivity contribution in [2.45, 2.75) is 30.9 Å². The largest absolute Gasteiger partial charge is 0.508 e. The third-order valence-electron chi connectivity index (χ3n) is 3.24. The summed E-state index contributed by atoms with van der Waals surface area (Å²) in [5, 5.41) is 13.9. The van der Waals surface area contributed by atoms with E-state index in [0.29, 0.717) is 5.75 Å². The molecule has 0 bridgehead atoms. The molecule has 1 aromatic rings. The van der Waals surface area contributed by atoms with Crippen LogP contribution in [0.5, 0.6) is 5.75 Å². The van der Waals surface area contributed by atoms with Crippen LogP contribution in [0.1, 0.15) is 24.8 Å². The number of nitrogens with one attached hydrogen (secondary N) is 1. The van der Waals surface area contributed by atoms with E-state index in [1.54, 1.807) is 6.07 Å². The molecule has 1 saturated heterocycles. The summed E-state index contributed by atoms with van der Waals surface area (Å²) in [6.45, 7) is 2.34. The van der Waals surface area contributed by atoms with Crippen LogP contribution < -0.4 is 5.32 Å². The maximum absolute atomic E-state index is 9.67. The average molecular weight is 251 g/mol. The summed E-state index contributed by atoms with van der Waals surface area (Å²) < 4.78 is 0. The molecule has 2 N–H and O–H groups in total. The van der Waals surface area contributed by atoms with Gasteiger partial charge >= 0.3 is 0 Å². The number of aromatic hydroxyl groups is 1. The summed E-state index contributed by atoms with van der Waals surface area (Å²) in [6.07, 6.45) is 4.89. The summed E-state index contributed by atoms with van der Waals surface area (Å²) in [5.41, 5.74) is 1.08. The van der Waals surface area contributed by atoms with Crippen molar-refractivity contribution in [2.24, 2.45) is 0 Å². The molecule has 0 spiro atoms. The summed E-state index contributed by atoms with van der Waals surface area (Å²) >= 11 is 2.06. The van der Waals surface area contributed by atoms with Crippen LogP contribution in [0.4, 0.5) is 0 Å². The van der Waals surface area contributed by atoms with Gasteiger partial charge in [-0.2, -0.15) is 11.8 Å². The number of thioether (sulfide) groups is 1. The summed E-state index contributed by atoms with van der Waals surface area (Å²) in [5.74, 6) is 1.55. The molecule has 94 valence electrons. The van der Waals surface area contributed by atoms with Crippen LogP contribution in [0, 0.1) is 0 Å². The number of aryl methyl sites for hydroxylation is 1. The Labute approximate surface area is 108 Å². The molecule has 1 fully saturated rings. The van der Waals surface area contributed by atoms with Gasteiger partial charge in [0.05, 0.1) is 0 Å². The third kappa shape index (κ3) is 4.25. The first-order chi connectivity index (χ1) is 8.36. The lowest BCUT2D eigenvalue weighted by atomic mass is 10.1. The number of para-hydroxylation sites is 1. The van der Waals surface area contributed by atoms with Crippen LogP contribution in [0.25, 0.3) is 0 Å². The quantitative estimate of drug-likeness (QED) is 0.863. The molecule has 2 rings (SSSR count). The number of benzene rings is 1. The van der Waals surface area contributed by atoms with Crippen molar-refractivity contribution in [3.8, 4) is 5.75 Å². The second-order valence-corrected chi connectivity index (χ2v) is 5.96. The van der Waals surface area contributed by atoms with E-state index in [9.17, 15) is 5.11 Å². The predicted molar refractivity (Wildman–Crippen MR) is 74.8 cm³/mol. The molecular weight excluding hydrogens is 230 g/mol. The molecule has 0 aliphatic carbocycles. The van der Waals surface area contributed by atoms with Crippen molar-refractivity contribution in [2.75, 3.05) is 18.8 Å². The fourth-order valence-corrected chi connectivity index (χ4v) is 3.50. The van der Waals surface area contributed by atoms with Crippen molar-refractivity contribution in [3.05, 3.63) is 29.8 Å². The van der Waals surface area contributed by atoms with Gasteiger partial charge in [-0.1, -0.05) is 18.2 Å². The predicted octanol–water partition coefficient (Wildman–Crippen LogP) is 2.81. The Morgan fingerprint density at radius 2 is 2.12 bits per heavy atom. The number of rotatable bonds is 4. The van der Waals surface area contributed by atoms with E-state index < -0.39 is 0 Å². The first kappa shape index (κ1) is 12.8. The van der Waals surface area contributed by atoms with Gasteiger partial charge in [0.1, 0.15) is 5.75 Å². The molecular formula is C14H21NOS. The van der Waals surface area contributed by atoms with E-state index in [1.807, 2.05) is 18.2 Å². The van der Waals surface area contributed by atoms with Gasteiger partial charge in [0.2, 0.25) is 0 Å². The Morgan fingerprint density at radius 3 is 3.00 bits per heavy atom. The lowest BCUT2D eigenvalue weighted by Crippen LogP contribution is -2.14. The third-order valence-corrected chi connectivity index (χ3v) is 4.62. The zero-order valence-electron chi connectivity index (χ0n) is 10.2. The summed E-state index contributed by atoms with van der Waals surface area (Å²) in [7, 11) is 0. The molecule has 1 unspecified atom stereocenters. The normalized spacial score (nSPS) is 21.1. The zero-order valence-corrected chi connectivity index (χ0v) is 11.0. The molecule has 3 heteroatoms. The van der Waals surface area contributed by atoms with E-state index >= 15 is 0 Å². The zero-order chi connectivity index (χ0) is 11.9. The smallest absolute Gasteiger partial charge is 0.118 e. The Balaban J connectivity index is 1.73. The van der Waals surface area contributed by atoms with Crippen molar-refractivity contribution < 1.29 is 5.11 Å². The van der Waals surface area contributed by atoms with Gasteiger partial charge in [-0.3, -0.25) is 0 Å². The molecule has 1 heterocycles.